The second-order valence-electron chi connectivity index (χ2n) is 2.74. The summed E-state index contributed by atoms with van der Waals surface area (Å²) in [5.74, 6) is 0.321. The summed E-state index contributed by atoms with van der Waals surface area (Å²) >= 11 is 0. The number of aliphatic hydroxyl groups excluding tert-OH is 1. The van der Waals surface area contributed by atoms with Crippen LogP contribution in [0.15, 0.2) is 12.1 Å². The number of aromatic hydroxyl groups is 1. The monoisotopic (exact) mass is 182 g/mol. The van der Waals surface area contributed by atoms with Crippen molar-refractivity contribution in [2.24, 2.45) is 0 Å². The van der Waals surface area contributed by atoms with Crippen LogP contribution in [0.3, 0.4) is 0 Å². The molecule has 0 heterocycles. The summed E-state index contributed by atoms with van der Waals surface area (Å²) in [5.41, 5.74) is 2.47. The fourth-order valence-corrected chi connectivity index (χ4v) is 1.14. The third kappa shape index (κ3) is 3.07. The Bertz CT molecular complexity index is 244. The third-order valence-electron chi connectivity index (χ3n) is 1.73. The molecule has 2 heteroatoms. The van der Waals surface area contributed by atoms with Crippen LogP contribution in [0.2, 0.25) is 0 Å². The average molecular weight is 182 g/mol. The second-order valence-corrected chi connectivity index (χ2v) is 2.74. The summed E-state index contributed by atoms with van der Waals surface area (Å²) in [6.07, 6.45) is 0. The quantitative estimate of drug-likeness (QED) is 0.700. The first-order chi connectivity index (χ1) is 6.15. The minimum Gasteiger partial charge on any atom is -0.507 e. The van der Waals surface area contributed by atoms with Gasteiger partial charge in [0.25, 0.3) is 0 Å². The molecule has 2 N–H and O–H groups in total. The predicted octanol–water partition coefficient (Wildman–Crippen LogP) is 2.53. The van der Waals surface area contributed by atoms with E-state index in [4.69, 9.17) is 5.11 Å². The van der Waals surface area contributed by atoms with Gasteiger partial charge in [-0.2, -0.15) is 0 Å². The van der Waals surface area contributed by atoms with Crippen LogP contribution in [-0.2, 0) is 6.61 Å². The fourth-order valence-electron chi connectivity index (χ4n) is 1.14. The van der Waals surface area contributed by atoms with Crippen molar-refractivity contribution in [1.29, 1.82) is 0 Å². The van der Waals surface area contributed by atoms with Crippen molar-refractivity contribution in [2.45, 2.75) is 34.3 Å². The highest BCUT2D eigenvalue weighted by molar-refractivity contribution is 5.41. The maximum atomic E-state index is 9.34. The standard InChI is InChI=1S/C9H12O2.C2H6/c1-6-3-8(5-10)4-7(2)9(6)11;1-2/h3-4,10-11H,5H2,1-2H3;1-2H3. The molecule has 0 aliphatic heterocycles. The van der Waals surface area contributed by atoms with Crippen molar-refractivity contribution in [2.75, 3.05) is 0 Å². The van der Waals surface area contributed by atoms with Gasteiger partial charge in [-0.1, -0.05) is 26.0 Å². The first kappa shape index (κ1) is 12.0. The maximum absolute atomic E-state index is 9.34. The highest BCUT2D eigenvalue weighted by Crippen LogP contribution is 2.22. The molecule has 0 spiro atoms. The molecule has 0 saturated carbocycles. The zero-order valence-electron chi connectivity index (χ0n) is 8.76. The van der Waals surface area contributed by atoms with E-state index in [-0.39, 0.29) is 6.61 Å². The second kappa shape index (κ2) is 5.60. The molecule has 1 aromatic carbocycles. The molecule has 0 radical (unpaired) electrons. The number of aliphatic hydroxyl groups is 1. The van der Waals surface area contributed by atoms with Gasteiger partial charge in [-0.15, -0.1) is 0 Å². The molecule has 1 rings (SSSR count). The van der Waals surface area contributed by atoms with E-state index in [0.717, 1.165) is 16.7 Å². The van der Waals surface area contributed by atoms with Crippen molar-refractivity contribution in [3.05, 3.63) is 28.8 Å². The number of hydrogen-bond donors (Lipinski definition) is 2. The molecular formula is C11H18O2. The lowest BCUT2D eigenvalue weighted by Crippen LogP contribution is -1.87. The Labute approximate surface area is 79.9 Å². The SMILES string of the molecule is CC.Cc1cc(CO)cc(C)c1O. The topological polar surface area (TPSA) is 40.5 Å². The smallest absolute Gasteiger partial charge is 0.121 e. The summed E-state index contributed by atoms with van der Waals surface area (Å²) in [5, 5.41) is 18.1. The molecule has 0 fully saturated rings. The van der Waals surface area contributed by atoms with Gasteiger partial charge in [0.15, 0.2) is 0 Å². The number of aryl methyl sites for hydroxylation is 2. The highest BCUT2D eigenvalue weighted by Gasteiger charge is 2.01. The lowest BCUT2D eigenvalue weighted by atomic mass is 10.1. The number of hydrogen-bond acceptors (Lipinski definition) is 2. The molecule has 0 unspecified atom stereocenters. The molecule has 0 atom stereocenters. The Morgan fingerprint density at radius 1 is 1.08 bits per heavy atom. The molecule has 0 saturated heterocycles. The lowest BCUT2D eigenvalue weighted by molar-refractivity contribution is 0.281. The molecule has 0 bridgehead atoms. The van der Waals surface area contributed by atoms with Crippen LogP contribution in [-0.4, -0.2) is 10.2 Å². The largest absolute Gasteiger partial charge is 0.507 e. The maximum Gasteiger partial charge on any atom is 0.121 e. The van der Waals surface area contributed by atoms with E-state index in [1.165, 1.54) is 0 Å². The van der Waals surface area contributed by atoms with Crippen molar-refractivity contribution < 1.29 is 10.2 Å². The molecule has 13 heavy (non-hydrogen) atoms. The first-order valence-corrected chi connectivity index (χ1v) is 4.55. The van der Waals surface area contributed by atoms with E-state index in [0.29, 0.717) is 5.75 Å². The number of benzene rings is 1. The van der Waals surface area contributed by atoms with Gasteiger partial charge in [0.2, 0.25) is 0 Å². The Morgan fingerprint density at radius 2 is 1.46 bits per heavy atom. The van der Waals surface area contributed by atoms with Crippen LogP contribution in [0.5, 0.6) is 5.75 Å². The molecule has 0 amide bonds. The van der Waals surface area contributed by atoms with Crippen LogP contribution < -0.4 is 0 Å². The summed E-state index contributed by atoms with van der Waals surface area (Å²) in [6.45, 7) is 7.67. The molecule has 1 aromatic rings. The van der Waals surface area contributed by atoms with Crippen LogP contribution >= 0.6 is 0 Å². The van der Waals surface area contributed by atoms with Crippen LogP contribution in [0.25, 0.3) is 0 Å². The van der Waals surface area contributed by atoms with Gasteiger partial charge < -0.3 is 10.2 Å². The van der Waals surface area contributed by atoms with E-state index in [9.17, 15) is 5.11 Å². The Kier molecular flexibility index (Phi) is 5.16. The van der Waals surface area contributed by atoms with Gasteiger partial charge in [0, 0.05) is 0 Å². The minimum atomic E-state index is 0.0297. The Morgan fingerprint density at radius 3 is 1.77 bits per heavy atom. The summed E-state index contributed by atoms with van der Waals surface area (Å²) < 4.78 is 0. The van der Waals surface area contributed by atoms with E-state index >= 15 is 0 Å². The van der Waals surface area contributed by atoms with Gasteiger partial charge in [-0.25, -0.2) is 0 Å². The fraction of sp³-hybridized carbons (Fsp3) is 0.455. The zero-order valence-corrected chi connectivity index (χ0v) is 8.76. The van der Waals surface area contributed by atoms with Crippen LogP contribution in [0, 0.1) is 13.8 Å². The minimum absolute atomic E-state index is 0.0297. The average Bonchev–Trinajstić information content (AvgIpc) is 2.16. The van der Waals surface area contributed by atoms with Gasteiger partial charge >= 0.3 is 0 Å². The third-order valence-corrected chi connectivity index (χ3v) is 1.73. The molecule has 0 aliphatic rings. The molecule has 74 valence electrons. The molecule has 0 aromatic heterocycles. The van der Waals surface area contributed by atoms with Gasteiger partial charge in [0.1, 0.15) is 5.75 Å². The van der Waals surface area contributed by atoms with Crippen LogP contribution in [0.1, 0.15) is 30.5 Å². The van der Waals surface area contributed by atoms with Gasteiger partial charge in [-0.05, 0) is 30.5 Å². The van der Waals surface area contributed by atoms with Gasteiger partial charge in [0.05, 0.1) is 6.61 Å². The van der Waals surface area contributed by atoms with E-state index in [1.54, 1.807) is 12.1 Å². The number of rotatable bonds is 1. The van der Waals surface area contributed by atoms with E-state index in [2.05, 4.69) is 0 Å². The summed E-state index contributed by atoms with van der Waals surface area (Å²) in [6, 6.07) is 3.56. The summed E-state index contributed by atoms with van der Waals surface area (Å²) in [7, 11) is 0. The van der Waals surface area contributed by atoms with Crippen molar-refractivity contribution >= 4 is 0 Å². The van der Waals surface area contributed by atoms with Crippen molar-refractivity contribution in [3.8, 4) is 5.75 Å². The molecule has 2 nitrogen and oxygen atoms in total. The van der Waals surface area contributed by atoms with E-state index < -0.39 is 0 Å². The highest BCUT2D eigenvalue weighted by atomic mass is 16.3. The first-order valence-electron chi connectivity index (χ1n) is 4.55. The number of phenols is 1. The summed E-state index contributed by atoms with van der Waals surface area (Å²) in [4.78, 5) is 0. The van der Waals surface area contributed by atoms with Crippen molar-refractivity contribution in [1.82, 2.24) is 0 Å². The predicted molar refractivity (Wildman–Crippen MR) is 54.9 cm³/mol. The van der Waals surface area contributed by atoms with Crippen molar-refractivity contribution in [3.63, 3.8) is 0 Å². The Hall–Kier alpha value is -1.02. The van der Waals surface area contributed by atoms with E-state index in [1.807, 2.05) is 27.7 Å². The Balaban J connectivity index is 0.000000671. The molecular weight excluding hydrogens is 164 g/mol. The lowest BCUT2D eigenvalue weighted by Gasteiger charge is -2.04. The normalized spacial score (nSPS) is 9.00. The zero-order chi connectivity index (χ0) is 10.4. The molecule has 0 aliphatic carbocycles. The van der Waals surface area contributed by atoms with Crippen LogP contribution in [0.4, 0.5) is 0 Å². The number of phenolic OH excluding ortho intramolecular Hbond substituents is 1. The van der Waals surface area contributed by atoms with Gasteiger partial charge in [-0.3, -0.25) is 0 Å².